The number of rotatable bonds is 11. The zero-order chi connectivity index (χ0) is 17.9. The first-order chi connectivity index (χ1) is 12.2. The van der Waals surface area contributed by atoms with E-state index >= 15 is 0 Å². The Labute approximate surface area is 152 Å². The average Bonchev–Trinajstić information content (AvgIpc) is 2.61. The molecule has 2 rings (SSSR count). The second-order valence-corrected chi connectivity index (χ2v) is 6.72. The highest BCUT2D eigenvalue weighted by Gasteiger charge is 2.09. The average molecular weight is 351 g/mol. The molecule has 0 N–H and O–H groups in total. The predicted molar refractivity (Wildman–Crippen MR) is 99.7 cm³/mol. The monoisotopic (exact) mass is 351 g/mol. The van der Waals surface area contributed by atoms with Crippen LogP contribution in [0.25, 0.3) is 0 Å². The maximum absolute atomic E-state index is 5.90. The highest BCUT2D eigenvalue weighted by molar-refractivity contribution is 5.39. The quantitative estimate of drug-likeness (QED) is 0.573. The van der Waals surface area contributed by atoms with Crippen molar-refractivity contribution in [1.82, 2.24) is 4.90 Å². The summed E-state index contributed by atoms with van der Waals surface area (Å²) in [6.07, 6.45) is 0. The van der Waals surface area contributed by atoms with E-state index < -0.39 is 0 Å². The SMILES string of the molecule is Cc1ccc(C(C)C)c(OCCOCCOCCN2CCOCC2)c1. The molecule has 0 radical (unpaired) electrons. The molecule has 0 atom stereocenters. The molecule has 1 aromatic rings. The van der Waals surface area contributed by atoms with Gasteiger partial charge < -0.3 is 18.9 Å². The van der Waals surface area contributed by atoms with Gasteiger partial charge in [0.2, 0.25) is 0 Å². The number of nitrogens with zero attached hydrogens (tertiary/aromatic N) is 1. The molecular weight excluding hydrogens is 318 g/mol. The maximum atomic E-state index is 5.90. The van der Waals surface area contributed by atoms with Crippen molar-refractivity contribution >= 4 is 0 Å². The van der Waals surface area contributed by atoms with Crippen LogP contribution in [0.1, 0.15) is 30.9 Å². The molecule has 5 heteroatoms. The highest BCUT2D eigenvalue weighted by atomic mass is 16.5. The Morgan fingerprint density at radius 3 is 2.40 bits per heavy atom. The summed E-state index contributed by atoms with van der Waals surface area (Å²) in [6.45, 7) is 14.2. The first-order valence-corrected chi connectivity index (χ1v) is 9.35. The molecule has 0 aromatic heterocycles. The molecule has 1 aliphatic heterocycles. The number of hydrogen-bond donors (Lipinski definition) is 0. The van der Waals surface area contributed by atoms with Crippen LogP contribution in [-0.4, -0.2) is 70.8 Å². The van der Waals surface area contributed by atoms with Crippen molar-refractivity contribution in [2.75, 3.05) is 65.9 Å². The van der Waals surface area contributed by atoms with Gasteiger partial charge in [0.15, 0.2) is 0 Å². The molecule has 0 saturated carbocycles. The van der Waals surface area contributed by atoms with E-state index in [1.54, 1.807) is 0 Å². The van der Waals surface area contributed by atoms with E-state index in [4.69, 9.17) is 18.9 Å². The second-order valence-electron chi connectivity index (χ2n) is 6.72. The van der Waals surface area contributed by atoms with Gasteiger partial charge in [0.1, 0.15) is 12.4 Å². The van der Waals surface area contributed by atoms with Crippen molar-refractivity contribution in [1.29, 1.82) is 0 Å². The van der Waals surface area contributed by atoms with Gasteiger partial charge in [-0.05, 0) is 30.0 Å². The Bertz CT molecular complexity index is 487. The fourth-order valence-electron chi connectivity index (χ4n) is 2.79. The van der Waals surface area contributed by atoms with Crippen molar-refractivity contribution in [2.45, 2.75) is 26.7 Å². The van der Waals surface area contributed by atoms with E-state index in [-0.39, 0.29) is 0 Å². The Morgan fingerprint density at radius 1 is 1.00 bits per heavy atom. The molecule has 142 valence electrons. The standard InChI is InChI=1S/C20H33NO4/c1-17(2)19-5-4-18(3)16-20(19)25-15-14-24-13-12-23-11-8-21-6-9-22-10-7-21/h4-5,16-17H,6-15H2,1-3H3. The van der Waals surface area contributed by atoms with Gasteiger partial charge in [-0.2, -0.15) is 0 Å². The lowest BCUT2D eigenvalue weighted by Crippen LogP contribution is -2.38. The van der Waals surface area contributed by atoms with Crippen LogP contribution in [0, 0.1) is 6.92 Å². The Morgan fingerprint density at radius 2 is 1.68 bits per heavy atom. The number of aryl methyl sites for hydroxylation is 1. The summed E-state index contributed by atoms with van der Waals surface area (Å²) in [5.41, 5.74) is 2.46. The number of benzene rings is 1. The zero-order valence-corrected chi connectivity index (χ0v) is 16.0. The van der Waals surface area contributed by atoms with Crippen molar-refractivity contribution < 1.29 is 18.9 Å². The zero-order valence-electron chi connectivity index (χ0n) is 16.0. The van der Waals surface area contributed by atoms with Gasteiger partial charge in [-0.25, -0.2) is 0 Å². The minimum absolute atomic E-state index is 0.455. The Kier molecular flexibility index (Phi) is 9.26. The lowest BCUT2D eigenvalue weighted by Gasteiger charge is -2.26. The van der Waals surface area contributed by atoms with Crippen LogP contribution >= 0.6 is 0 Å². The van der Waals surface area contributed by atoms with Gasteiger partial charge in [-0.1, -0.05) is 26.0 Å². The van der Waals surface area contributed by atoms with Gasteiger partial charge in [-0.15, -0.1) is 0 Å². The maximum Gasteiger partial charge on any atom is 0.123 e. The molecule has 0 unspecified atom stereocenters. The molecule has 1 saturated heterocycles. The van der Waals surface area contributed by atoms with E-state index in [1.807, 2.05) is 0 Å². The van der Waals surface area contributed by atoms with Crippen LogP contribution in [0.2, 0.25) is 0 Å². The topological polar surface area (TPSA) is 40.2 Å². The molecule has 1 aromatic carbocycles. The molecule has 1 fully saturated rings. The molecule has 1 heterocycles. The summed E-state index contributed by atoms with van der Waals surface area (Å²) in [7, 11) is 0. The summed E-state index contributed by atoms with van der Waals surface area (Å²) in [5.74, 6) is 1.43. The number of ether oxygens (including phenoxy) is 4. The van der Waals surface area contributed by atoms with E-state index in [0.29, 0.717) is 32.3 Å². The molecule has 0 aliphatic carbocycles. The molecule has 25 heavy (non-hydrogen) atoms. The van der Waals surface area contributed by atoms with Gasteiger partial charge in [-0.3, -0.25) is 4.90 Å². The van der Waals surface area contributed by atoms with Crippen molar-refractivity contribution in [3.8, 4) is 5.75 Å². The fraction of sp³-hybridized carbons (Fsp3) is 0.700. The number of morpholine rings is 1. The van der Waals surface area contributed by atoms with E-state index in [1.165, 1.54) is 11.1 Å². The third kappa shape index (κ3) is 7.74. The van der Waals surface area contributed by atoms with Crippen LogP contribution < -0.4 is 4.74 Å². The summed E-state index contributed by atoms with van der Waals surface area (Å²) in [4.78, 5) is 2.37. The summed E-state index contributed by atoms with van der Waals surface area (Å²) < 4.78 is 22.4. The van der Waals surface area contributed by atoms with Crippen molar-refractivity contribution in [3.05, 3.63) is 29.3 Å². The lowest BCUT2D eigenvalue weighted by molar-refractivity contribution is 0.00516. The Balaban J connectivity index is 1.50. The molecule has 0 bridgehead atoms. The third-order valence-corrected chi connectivity index (χ3v) is 4.30. The molecule has 0 spiro atoms. The van der Waals surface area contributed by atoms with Crippen LogP contribution in [0.15, 0.2) is 18.2 Å². The smallest absolute Gasteiger partial charge is 0.123 e. The predicted octanol–water partition coefficient (Wildman–Crippen LogP) is 2.86. The summed E-state index contributed by atoms with van der Waals surface area (Å²) in [5, 5.41) is 0. The van der Waals surface area contributed by atoms with Crippen molar-refractivity contribution in [3.63, 3.8) is 0 Å². The Hall–Kier alpha value is -1.14. The third-order valence-electron chi connectivity index (χ3n) is 4.30. The summed E-state index contributed by atoms with van der Waals surface area (Å²) in [6, 6.07) is 6.38. The van der Waals surface area contributed by atoms with Crippen LogP contribution in [0.3, 0.4) is 0 Å². The van der Waals surface area contributed by atoms with E-state index in [0.717, 1.165) is 45.2 Å². The first-order valence-electron chi connectivity index (χ1n) is 9.35. The van der Waals surface area contributed by atoms with Crippen LogP contribution in [0.5, 0.6) is 5.75 Å². The minimum Gasteiger partial charge on any atom is -0.491 e. The molecule has 0 amide bonds. The van der Waals surface area contributed by atoms with Crippen LogP contribution in [-0.2, 0) is 14.2 Å². The van der Waals surface area contributed by atoms with Gasteiger partial charge in [0.05, 0.1) is 39.6 Å². The molecular formula is C20H33NO4. The molecule has 1 aliphatic rings. The van der Waals surface area contributed by atoms with E-state index in [9.17, 15) is 0 Å². The normalized spacial score (nSPS) is 15.7. The second kappa shape index (κ2) is 11.5. The van der Waals surface area contributed by atoms with Crippen molar-refractivity contribution in [2.24, 2.45) is 0 Å². The molecule has 5 nitrogen and oxygen atoms in total. The number of hydrogen-bond acceptors (Lipinski definition) is 5. The van der Waals surface area contributed by atoms with Gasteiger partial charge in [0, 0.05) is 19.6 Å². The highest BCUT2D eigenvalue weighted by Crippen LogP contribution is 2.27. The van der Waals surface area contributed by atoms with Gasteiger partial charge in [0.25, 0.3) is 0 Å². The fourth-order valence-corrected chi connectivity index (χ4v) is 2.79. The lowest BCUT2D eigenvalue weighted by atomic mass is 10.0. The summed E-state index contributed by atoms with van der Waals surface area (Å²) >= 11 is 0. The largest absolute Gasteiger partial charge is 0.491 e. The minimum atomic E-state index is 0.455. The van der Waals surface area contributed by atoms with Gasteiger partial charge >= 0.3 is 0 Å². The first kappa shape index (κ1) is 20.2. The van der Waals surface area contributed by atoms with E-state index in [2.05, 4.69) is 43.9 Å². The van der Waals surface area contributed by atoms with Crippen LogP contribution in [0.4, 0.5) is 0 Å².